The van der Waals surface area contributed by atoms with Crippen molar-refractivity contribution in [2.75, 3.05) is 6.54 Å². The lowest BCUT2D eigenvalue weighted by molar-refractivity contribution is -0.274. The smallest absolute Gasteiger partial charge is 0.406 e. The SMILES string of the molecule is Cc1cccc(C(CN)(Cc2ccccc2)c2cccc(OC(F)(F)F)c2)c1. The van der Waals surface area contributed by atoms with Crippen LogP contribution in [0.4, 0.5) is 13.2 Å². The molecule has 2 N–H and O–H groups in total. The van der Waals surface area contributed by atoms with Crippen LogP contribution in [0.3, 0.4) is 0 Å². The van der Waals surface area contributed by atoms with E-state index in [2.05, 4.69) is 4.74 Å². The number of hydrogen-bond donors (Lipinski definition) is 1. The van der Waals surface area contributed by atoms with Gasteiger partial charge in [-0.2, -0.15) is 0 Å². The van der Waals surface area contributed by atoms with Crippen molar-refractivity contribution in [3.63, 3.8) is 0 Å². The molecular weight excluding hydrogens is 363 g/mol. The molecule has 28 heavy (non-hydrogen) atoms. The maximum Gasteiger partial charge on any atom is 0.573 e. The van der Waals surface area contributed by atoms with Crippen molar-refractivity contribution in [2.45, 2.75) is 25.1 Å². The highest BCUT2D eigenvalue weighted by atomic mass is 19.4. The van der Waals surface area contributed by atoms with Crippen LogP contribution in [0.25, 0.3) is 0 Å². The van der Waals surface area contributed by atoms with E-state index in [0.29, 0.717) is 12.0 Å². The van der Waals surface area contributed by atoms with Crippen LogP contribution in [0.15, 0.2) is 78.9 Å². The molecule has 0 fully saturated rings. The normalized spacial score (nSPS) is 13.8. The Morgan fingerprint density at radius 2 is 1.46 bits per heavy atom. The van der Waals surface area contributed by atoms with Gasteiger partial charge in [0, 0.05) is 12.0 Å². The van der Waals surface area contributed by atoms with E-state index in [-0.39, 0.29) is 12.3 Å². The molecule has 0 aromatic heterocycles. The average Bonchev–Trinajstić information content (AvgIpc) is 2.66. The van der Waals surface area contributed by atoms with Crippen LogP contribution in [-0.2, 0) is 11.8 Å². The van der Waals surface area contributed by atoms with Crippen molar-refractivity contribution in [3.05, 3.63) is 101 Å². The summed E-state index contributed by atoms with van der Waals surface area (Å²) in [5, 5.41) is 0. The molecule has 0 amide bonds. The highest BCUT2D eigenvalue weighted by Crippen LogP contribution is 2.37. The molecule has 0 bridgehead atoms. The van der Waals surface area contributed by atoms with E-state index >= 15 is 0 Å². The molecule has 146 valence electrons. The van der Waals surface area contributed by atoms with E-state index in [1.807, 2.05) is 61.5 Å². The van der Waals surface area contributed by atoms with Gasteiger partial charge in [-0.3, -0.25) is 0 Å². The molecule has 3 aromatic carbocycles. The molecule has 0 spiro atoms. The minimum Gasteiger partial charge on any atom is -0.406 e. The Morgan fingerprint density at radius 1 is 0.821 bits per heavy atom. The van der Waals surface area contributed by atoms with Crippen LogP contribution in [0.2, 0.25) is 0 Å². The lowest BCUT2D eigenvalue weighted by Crippen LogP contribution is -2.39. The Bertz CT molecular complexity index is 924. The summed E-state index contributed by atoms with van der Waals surface area (Å²) in [7, 11) is 0. The van der Waals surface area contributed by atoms with Crippen LogP contribution in [0.5, 0.6) is 5.75 Å². The van der Waals surface area contributed by atoms with Gasteiger partial charge in [-0.1, -0.05) is 72.3 Å². The summed E-state index contributed by atoms with van der Waals surface area (Å²) in [5.41, 5.74) is 9.36. The summed E-state index contributed by atoms with van der Waals surface area (Å²) in [6, 6.07) is 23.8. The van der Waals surface area contributed by atoms with Crippen LogP contribution < -0.4 is 10.5 Å². The van der Waals surface area contributed by atoms with Gasteiger partial charge in [-0.15, -0.1) is 13.2 Å². The predicted octanol–water partition coefficient (Wildman–Crippen LogP) is 5.38. The number of nitrogens with two attached hydrogens (primary N) is 1. The third-order valence-corrected chi connectivity index (χ3v) is 4.89. The minimum absolute atomic E-state index is 0.237. The fourth-order valence-corrected chi connectivity index (χ4v) is 3.56. The fraction of sp³-hybridized carbons (Fsp3) is 0.217. The molecule has 1 unspecified atom stereocenters. The molecule has 3 aromatic rings. The van der Waals surface area contributed by atoms with Crippen LogP contribution in [0.1, 0.15) is 22.3 Å². The third-order valence-electron chi connectivity index (χ3n) is 4.89. The topological polar surface area (TPSA) is 35.2 Å². The summed E-state index contributed by atoms with van der Waals surface area (Å²) >= 11 is 0. The molecule has 2 nitrogen and oxygen atoms in total. The second-order valence-corrected chi connectivity index (χ2v) is 6.89. The molecule has 0 aliphatic carbocycles. The summed E-state index contributed by atoms with van der Waals surface area (Å²) in [6.45, 7) is 2.22. The van der Waals surface area contributed by atoms with Gasteiger partial charge in [0.05, 0.1) is 0 Å². The number of alkyl halides is 3. The van der Waals surface area contributed by atoms with Crippen molar-refractivity contribution in [1.82, 2.24) is 0 Å². The zero-order valence-electron chi connectivity index (χ0n) is 15.5. The van der Waals surface area contributed by atoms with Gasteiger partial charge >= 0.3 is 6.36 Å². The number of halogens is 3. The van der Waals surface area contributed by atoms with Crippen LogP contribution >= 0.6 is 0 Å². The first-order chi connectivity index (χ1) is 13.3. The third kappa shape index (κ3) is 4.54. The first kappa shape index (κ1) is 20.0. The minimum atomic E-state index is -4.74. The molecule has 1 atom stereocenters. The monoisotopic (exact) mass is 385 g/mol. The highest BCUT2D eigenvalue weighted by Gasteiger charge is 2.35. The number of ether oxygens (including phenoxy) is 1. The molecule has 0 aliphatic heterocycles. The van der Waals surface area contributed by atoms with Gasteiger partial charge in [0.25, 0.3) is 0 Å². The van der Waals surface area contributed by atoms with Gasteiger partial charge in [0.15, 0.2) is 0 Å². The van der Waals surface area contributed by atoms with Crippen molar-refractivity contribution in [1.29, 1.82) is 0 Å². The predicted molar refractivity (Wildman–Crippen MR) is 104 cm³/mol. The van der Waals surface area contributed by atoms with Crippen molar-refractivity contribution >= 4 is 0 Å². The summed E-state index contributed by atoms with van der Waals surface area (Å²) in [6.07, 6.45) is -4.18. The maximum atomic E-state index is 12.7. The van der Waals surface area contributed by atoms with Crippen molar-refractivity contribution in [3.8, 4) is 5.75 Å². The summed E-state index contributed by atoms with van der Waals surface area (Å²) < 4.78 is 42.3. The summed E-state index contributed by atoms with van der Waals surface area (Å²) in [4.78, 5) is 0. The Morgan fingerprint density at radius 3 is 2.07 bits per heavy atom. The standard InChI is InChI=1S/C23H22F3NO/c1-17-7-5-10-19(13-17)22(16-27,15-18-8-3-2-4-9-18)20-11-6-12-21(14-20)28-23(24,25)26/h2-14H,15-16,27H2,1H3. The second kappa shape index (κ2) is 8.07. The highest BCUT2D eigenvalue weighted by molar-refractivity contribution is 5.46. The van der Waals surface area contributed by atoms with Gasteiger partial charge in [-0.25, -0.2) is 0 Å². The van der Waals surface area contributed by atoms with Gasteiger partial charge < -0.3 is 10.5 Å². The zero-order chi connectivity index (χ0) is 20.2. The molecule has 0 heterocycles. The number of benzene rings is 3. The van der Waals surface area contributed by atoms with Gasteiger partial charge in [0.2, 0.25) is 0 Å². The molecule has 0 saturated heterocycles. The molecule has 5 heteroatoms. The van der Waals surface area contributed by atoms with E-state index < -0.39 is 11.8 Å². The zero-order valence-corrected chi connectivity index (χ0v) is 15.5. The Kier molecular flexibility index (Phi) is 5.75. The number of aryl methyl sites for hydroxylation is 1. The van der Waals surface area contributed by atoms with E-state index in [1.54, 1.807) is 12.1 Å². The van der Waals surface area contributed by atoms with Crippen LogP contribution in [0, 0.1) is 6.92 Å². The Labute approximate surface area is 162 Å². The largest absolute Gasteiger partial charge is 0.573 e. The maximum absolute atomic E-state index is 12.7. The van der Waals surface area contributed by atoms with E-state index in [0.717, 1.165) is 16.7 Å². The lowest BCUT2D eigenvalue weighted by Gasteiger charge is -2.35. The van der Waals surface area contributed by atoms with E-state index in [4.69, 9.17) is 5.73 Å². The van der Waals surface area contributed by atoms with E-state index in [9.17, 15) is 13.2 Å². The molecule has 0 radical (unpaired) electrons. The second-order valence-electron chi connectivity index (χ2n) is 6.89. The molecule has 0 aliphatic rings. The van der Waals surface area contributed by atoms with Crippen LogP contribution in [-0.4, -0.2) is 12.9 Å². The first-order valence-electron chi connectivity index (χ1n) is 9.00. The molecular formula is C23H22F3NO. The van der Waals surface area contributed by atoms with Crippen molar-refractivity contribution in [2.24, 2.45) is 5.73 Å². The average molecular weight is 385 g/mol. The number of rotatable bonds is 6. The lowest BCUT2D eigenvalue weighted by atomic mass is 9.70. The first-order valence-corrected chi connectivity index (χ1v) is 9.00. The Hall–Kier alpha value is -2.79. The fourth-order valence-electron chi connectivity index (χ4n) is 3.56. The molecule has 0 saturated carbocycles. The van der Waals surface area contributed by atoms with Gasteiger partial charge in [0.1, 0.15) is 5.75 Å². The number of hydrogen-bond acceptors (Lipinski definition) is 2. The Balaban J connectivity index is 2.14. The molecule has 3 rings (SSSR count). The van der Waals surface area contributed by atoms with Gasteiger partial charge in [-0.05, 0) is 42.2 Å². The summed E-state index contributed by atoms with van der Waals surface area (Å²) in [5.74, 6) is -0.247. The van der Waals surface area contributed by atoms with E-state index in [1.165, 1.54) is 12.1 Å². The van der Waals surface area contributed by atoms with Crippen molar-refractivity contribution < 1.29 is 17.9 Å². The quantitative estimate of drug-likeness (QED) is 0.618.